The molecule has 30 heavy (non-hydrogen) atoms. The third kappa shape index (κ3) is 4.49. The van der Waals surface area contributed by atoms with Gasteiger partial charge in [-0.15, -0.1) is 0 Å². The van der Waals surface area contributed by atoms with E-state index in [1.165, 1.54) is 5.56 Å². The molecule has 0 aliphatic heterocycles. The molecule has 3 aromatic carbocycles. The van der Waals surface area contributed by atoms with Crippen molar-refractivity contribution in [3.63, 3.8) is 0 Å². The Bertz CT molecular complexity index is 1200. The molecule has 1 N–H and O–H groups in total. The Morgan fingerprint density at radius 1 is 1.00 bits per heavy atom. The molecule has 1 aromatic heterocycles. The highest BCUT2D eigenvalue weighted by Gasteiger charge is 2.08. The van der Waals surface area contributed by atoms with Crippen LogP contribution in [-0.2, 0) is 4.79 Å². The van der Waals surface area contributed by atoms with Crippen molar-refractivity contribution in [3.8, 4) is 11.5 Å². The van der Waals surface area contributed by atoms with E-state index in [1.54, 1.807) is 6.08 Å². The largest absolute Gasteiger partial charge is 0.436 e. The predicted octanol–water partition coefficient (Wildman–Crippen LogP) is 6.58. The lowest BCUT2D eigenvalue weighted by atomic mass is 10.0. The van der Waals surface area contributed by atoms with Crippen LogP contribution in [0.15, 0.2) is 77.2 Å². The van der Waals surface area contributed by atoms with Gasteiger partial charge in [0, 0.05) is 17.3 Å². The molecule has 0 spiro atoms. The summed E-state index contributed by atoms with van der Waals surface area (Å²) in [7, 11) is 0. The highest BCUT2D eigenvalue weighted by molar-refractivity contribution is 6.02. The van der Waals surface area contributed by atoms with Gasteiger partial charge in [0.15, 0.2) is 5.58 Å². The number of benzene rings is 3. The Balaban J connectivity index is 1.41. The second-order valence-electron chi connectivity index (χ2n) is 7.71. The molecule has 0 aliphatic rings. The molecular weight excluding hydrogens is 372 g/mol. The monoisotopic (exact) mass is 396 g/mol. The third-order valence-electron chi connectivity index (χ3n) is 4.97. The lowest BCUT2D eigenvalue weighted by molar-refractivity contribution is -0.111. The summed E-state index contributed by atoms with van der Waals surface area (Å²) in [6.45, 7) is 6.35. The number of rotatable bonds is 5. The van der Waals surface area contributed by atoms with Crippen LogP contribution in [0.2, 0.25) is 0 Å². The summed E-state index contributed by atoms with van der Waals surface area (Å²) in [6, 6.07) is 21.6. The number of amides is 1. The Hall–Kier alpha value is -3.66. The van der Waals surface area contributed by atoms with Crippen molar-refractivity contribution in [3.05, 3.63) is 89.5 Å². The Morgan fingerprint density at radius 2 is 1.73 bits per heavy atom. The van der Waals surface area contributed by atoms with E-state index in [-0.39, 0.29) is 5.91 Å². The van der Waals surface area contributed by atoms with Crippen molar-refractivity contribution >= 4 is 28.8 Å². The van der Waals surface area contributed by atoms with Crippen LogP contribution in [-0.4, -0.2) is 10.9 Å². The van der Waals surface area contributed by atoms with Gasteiger partial charge in [-0.25, -0.2) is 4.98 Å². The van der Waals surface area contributed by atoms with Crippen LogP contribution in [0.4, 0.5) is 5.69 Å². The van der Waals surface area contributed by atoms with Crippen molar-refractivity contribution in [1.29, 1.82) is 0 Å². The van der Waals surface area contributed by atoms with Crippen LogP contribution in [0.25, 0.3) is 28.6 Å². The number of fused-ring (bicyclic) bond motifs is 1. The fraction of sp³-hybridized carbons (Fsp3) is 0.154. The van der Waals surface area contributed by atoms with E-state index in [2.05, 4.69) is 36.3 Å². The summed E-state index contributed by atoms with van der Waals surface area (Å²) in [6.07, 6.45) is 3.36. The van der Waals surface area contributed by atoms with E-state index in [4.69, 9.17) is 4.42 Å². The zero-order valence-electron chi connectivity index (χ0n) is 17.3. The molecule has 1 amide bonds. The molecule has 4 aromatic rings. The summed E-state index contributed by atoms with van der Waals surface area (Å²) < 4.78 is 5.86. The first-order valence-electron chi connectivity index (χ1n) is 10.0. The number of carbonyl (C=O) groups excluding carboxylic acids is 1. The number of aromatic nitrogens is 1. The maximum Gasteiger partial charge on any atom is 0.248 e. The molecule has 150 valence electrons. The summed E-state index contributed by atoms with van der Waals surface area (Å²) in [5.41, 5.74) is 6.60. The zero-order valence-corrected chi connectivity index (χ0v) is 17.3. The highest BCUT2D eigenvalue weighted by Crippen LogP contribution is 2.26. The minimum Gasteiger partial charge on any atom is -0.436 e. The number of anilines is 1. The molecule has 0 aliphatic carbocycles. The van der Waals surface area contributed by atoms with Gasteiger partial charge in [-0.05, 0) is 72.0 Å². The molecule has 0 bridgehead atoms. The van der Waals surface area contributed by atoms with E-state index in [1.807, 2.05) is 67.6 Å². The van der Waals surface area contributed by atoms with Crippen LogP contribution < -0.4 is 5.32 Å². The number of aryl methyl sites for hydroxylation is 1. The molecular formula is C26H24N2O2. The SMILES string of the molecule is Cc1ccc2nc(-c3ccc(NC(=O)/C=C/c4ccc(C(C)C)cc4)cc3)oc2c1. The molecule has 4 rings (SSSR count). The summed E-state index contributed by atoms with van der Waals surface area (Å²) >= 11 is 0. The van der Waals surface area contributed by atoms with Gasteiger partial charge in [-0.2, -0.15) is 0 Å². The van der Waals surface area contributed by atoms with E-state index in [9.17, 15) is 4.79 Å². The van der Waals surface area contributed by atoms with Crippen LogP contribution >= 0.6 is 0 Å². The number of carbonyl (C=O) groups is 1. The average molecular weight is 396 g/mol. The molecule has 0 unspecified atom stereocenters. The van der Waals surface area contributed by atoms with E-state index in [0.29, 0.717) is 11.8 Å². The Morgan fingerprint density at radius 3 is 2.43 bits per heavy atom. The van der Waals surface area contributed by atoms with E-state index in [0.717, 1.165) is 33.5 Å². The number of oxazole rings is 1. The lowest BCUT2D eigenvalue weighted by Gasteiger charge is -2.05. The summed E-state index contributed by atoms with van der Waals surface area (Å²) in [5, 5.41) is 2.88. The van der Waals surface area contributed by atoms with E-state index < -0.39 is 0 Å². The highest BCUT2D eigenvalue weighted by atomic mass is 16.3. The molecule has 4 heteroatoms. The van der Waals surface area contributed by atoms with Crippen LogP contribution in [0.5, 0.6) is 0 Å². The zero-order chi connectivity index (χ0) is 21.1. The van der Waals surface area contributed by atoms with Crippen LogP contribution in [0.3, 0.4) is 0 Å². The second kappa shape index (κ2) is 8.37. The molecule has 0 fully saturated rings. The molecule has 1 heterocycles. The number of hydrogen-bond acceptors (Lipinski definition) is 3. The van der Waals surface area contributed by atoms with Gasteiger partial charge in [-0.1, -0.05) is 44.2 Å². The Labute approximate surface area is 176 Å². The van der Waals surface area contributed by atoms with Gasteiger partial charge in [0.05, 0.1) is 0 Å². The van der Waals surface area contributed by atoms with Crippen LogP contribution in [0.1, 0.15) is 36.5 Å². The molecule has 0 saturated heterocycles. The van der Waals surface area contributed by atoms with Crippen LogP contribution in [0, 0.1) is 6.92 Å². The third-order valence-corrected chi connectivity index (χ3v) is 4.97. The minimum absolute atomic E-state index is 0.173. The van der Waals surface area contributed by atoms with Gasteiger partial charge >= 0.3 is 0 Å². The fourth-order valence-corrected chi connectivity index (χ4v) is 3.20. The molecule has 0 saturated carbocycles. The normalized spacial score (nSPS) is 11.5. The van der Waals surface area contributed by atoms with Gasteiger partial charge in [-0.3, -0.25) is 4.79 Å². The fourth-order valence-electron chi connectivity index (χ4n) is 3.20. The molecule has 0 atom stereocenters. The number of nitrogens with one attached hydrogen (secondary N) is 1. The number of nitrogens with zero attached hydrogens (tertiary/aromatic N) is 1. The summed E-state index contributed by atoms with van der Waals surface area (Å²) in [5.74, 6) is 0.888. The first-order valence-corrected chi connectivity index (χ1v) is 10.0. The molecule has 4 nitrogen and oxygen atoms in total. The smallest absolute Gasteiger partial charge is 0.248 e. The maximum absolute atomic E-state index is 12.2. The van der Waals surface area contributed by atoms with Crippen molar-refractivity contribution in [2.24, 2.45) is 0 Å². The molecule has 0 radical (unpaired) electrons. The van der Waals surface area contributed by atoms with Crippen molar-refractivity contribution < 1.29 is 9.21 Å². The Kier molecular flexibility index (Phi) is 5.48. The minimum atomic E-state index is -0.173. The predicted molar refractivity (Wildman–Crippen MR) is 122 cm³/mol. The average Bonchev–Trinajstić information content (AvgIpc) is 3.16. The van der Waals surface area contributed by atoms with Gasteiger partial charge < -0.3 is 9.73 Å². The number of hydrogen-bond donors (Lipinski definition) is 1. The quantitative estimate of drug-likeness (QED) is 0.388. The van der Waals surface area contributed by atoms with Gasteiger partial charge in [0.25, 0.3) is 0 Å². The van der Waals surface area contributed by atoms with Crippen molar-refractivity contribution in [2.45, 2.75) is 26.7 Å². The standard InChI is InChI=1S/C26H24N2O2/c1-17(2)20-8-5-19(6-9-20)7-15-25(29)27-22-12-10-21(11-13-22)26-28-23-14-4-18(3)16-24(23)30-26/h4-17H,1-3H3,(H,27,29)/b15-7+. The maximum atomic E-state index is 12.2. The van der Waals surface area contributed by atoms with E-state index >= 15 is 0 Å². The first-order chi connectivity index (χ1) is 14.5. The van der Waals surface area contributed by atoms with Crippen molar-refractivity contribution in [1.82, 2.24) is 4.98 Å². The van der Waals surface area contributed by atoms with Crippen molar-refractivity contribution in [2.75, 3.05) is 5.32 Å². The van der Waals surface area contributed by atoms with Gasteiger partial charge in [0.1, 0.15) is 5.52 Å². The second-order valence-corrected chi connectivity index (χ2v) is 7.71. The lowest BCUT2D eigenvalue weighted by Crippen LogP contribution is -2.07. The topological polar surface area (TPSA) is 55.1 Å². The summed E-state index contributed by atoms with van der Waals surface area (Å²) in [4.78, 5) is 16.8. The van der Waals surface area contributed by atoms with Gasteiger partial charge in [0.2, 0.25) is 11.8 Å². The first kappa shape index (κ1) is 19.6.